The molecule has 0 fully saturated rings. The Labute approximate surface area is 198 Å². The van der Waals surface area contributed by atoms with Crippen LogP contribution in [0.2, 0.25) is 0 Å². The van der Waals surface area contributed by atoms with Crippen molar-refractivity contribution in [3.63, 3.8) is 0 Å². The van der Waals surface area contributed by atoms with E-state index in [1.165, 1.54) is 10.4 Å². The third-order valence-corrected chi connectivity index (χ3v) is 7.02. The zero-order chi connectivity index (χ0) is 23.9. The minimum Gasteiger partial charge on any atom is -0.352 e. The summed E-state index contributed by atoms with van der Waals surface area (Å²) in [6.45, 7) is 19.1. The molecule has 2 nitrogen and oxygen atoms in total. The summed E-state index contributed by atoms with van der Waals surface area (Å²) < 4.78 is 0. The van der Waals surface area contributed by atoms with E-state index in [1.807, 2.05) is 52.1 Å². The van der Waals surface area contributed by atoms with Gasteiger partial charge in [-0.3, -0.25) is 0 Å². The topological polar surface area (TPSA) is 27.0 Å². The van der Waals surface area contributed by atoms with Gasteiger partial charge in [0.15, 0.2) is 0 Å². The van der Waals surface area contributed by atoms with Crippen molar-refractivity contribution in [3.8, 4) is 17.2 Å². The normalized spacial score (nSPS) is 11.5. The Morgan fingerprint density at radius 2 is 1.66 bits per heavy atom. The van der Waals surface area contributed by atoms with Crippen LogP contribution in [0.3, 0.4) is 0 Å². The van der Waals surface area contributed by atoms with Crippen molar-refractivity contribution in [2.75, 3.05) is 7.05 Å². The maximum atomic E-state index is 9.23. The highest BCUT2D eigenvalue weighted by Gasteiger charge is 2.37. The van der Waals surface area contributed by atoms with Gasteiger partial charge in [0, 0.05) is 34.7 Å². The van der Waals surface area contributed by atoms with Crippen LogP contribution >= 0.6 is 11.3 Å². The Morgan fingerprint density at radius 3 is 2.25 bits per heavy atom. The van der Waals surface area contributed by atoms with Crippen LogP contribution in [0.15, 0.2) is 90.6 Å². The van der Waals surface area contributed by atoms with Crippen molar-refractivity contribution in [2.45, 2.75) is 46.0 Å². The summed E-state index contributed by atoms with van der Waals surface area (Å²) in [6.07, 6.45) is 0. The number of benzene rings is 2. The quantitative estimate of drug-likeness (QED) is 0.367. The molecule has 3 rings (SSSR count). The second kappa shape index (κ2) is 11.0. The number of thiophene rings is 1. The molecule has 0 N–H and O–H groups in total. The Morgan fingerprint density at radius 1 is 1.00 bits per heavy atom. The van der Waals surface area contributed by atoms with Crippen molar-refractivity contribution >= 4 is 11.3 Å². The zero-order valence-corrected chi connectivity index (χ0v) is 21.0. The second-order valence-electron chi connectivity index (χ2n) is 8.24. The Balaban J connectivity index is 0.00000176. The predicted molar refractivity (Wildman–Crippen MR) is 140 cm³/mol. The molecule has 0 unspecified atom stereocenters. The van der Waals surface area contributed by atoms with E-state index in [0.717, 1.165) is 22.5 Å². The van der Waals surface area contributed by atoms with Crippen LogP contribution in [0.5, 0.6) is 0 Å². The van der Waals surface area contributed by atoms with E-state index in [-0.39, 0.29) is 11.3 Å². The molecule has 3 aromatic rings. The van der Waals surface area contributed by atoms with E-state index in [9.17, 15) is 5.26 Å². The maximum absolute atomic E-state index is 9.23. The lowest BCUT2D eigenvalue weighted by molar-refractivity contribution is 0.380. The van der Waals surface area contributed by atoms with Crippen LogP contribution < -0.4 is 0 Å². The number of rotatable bonds is 7. The molecule has 0 aliphatic rings. The predicted octanol–water partition coefficient (Wildman–Crippen LogP) is 8.35. The summed E-state index contributed by atoms with van der Waals surface area (Å²) in [6, 6.07) is 22.8. The van der Waals surface area contributed by atoms with E-state index < -0.39 is 0 Å². The van der Waals surface area contributed by atoms with Gasteiger partial charge >= 0.3 is 0 Å². The van der Waals surface area contributed by atoms with E-state index in [0.29, 0.717) is 5.56 Å². The number of hydrogen-bond donors (Lipinski definition) is 0. The van der Waals surface area contributed by atoms with E-state index in [4.69, 9.17) is 0 Å². The molecular formula is C29H34N2S. The molecule has 166 valence electrons. The van der Waals surface area contributed by atoms with E-state index in [2.05, 4.69) is 79.8 Å². The van der Waals surface area contributed by atoms with Crippen molar-refractivity contribution in [1.29, 1.82) is 5.26 Å². The number of nitrogens with zero attached hydrogens (tertiary/aromatic N) is 2. The van der Waals surface area contributed by atoms with Crippen molar-refractivity contribution in [1.82, 2.24) is 4.90 Å². The lowest BCUT2D eigenvalue weighted by atomic mass is 9.71. The molecule has 0 amide bonds. The number of allylic oxidation sites excluding steroid dienone is 2. The average molecular weight is 443 g/mol. The van der Waals surface area contributed by atoms with Crippen molar-refractivity contribution in [3.05, 3.63) is 107 Å². The number of likely N-dealkylation sites (N-methyl/N-ethyl adjacent to an activating group) is 1. The largest absolute Gasteiger partial charge is 0.352 e. The van der Waals surface area contributed by atoms with E-state index >= 15 is 0 Å². The van der Waals surface area contributed by atoms with Crippen LogP contribution in [0.1, 0.15) is 56.5 Å². The minimum atomic E-state index is -0.183. The third-order valence-electron chi connectivity index (χ3n) is 5.75. The van der Waals surface area contributed by atoms with Gasteiger partial charge in [0.1, 0.15) is 0 Å². The molecule has 0 bridgehead atoms. The monoisotopic (exact) mass is 442 g/mol. The molecule has 0 spiro atoms. The summed E-state index contributed by atoms with van der Waals surface area (Å²) in [4.78, 5) is 3.37. The van der Waals surface area contributed by atoms with Gasteiger partial charge in [0.2, 0.25) is 0 Å². The molecule has 0 radical (unpaired) electrons. The Kier molecular flexibility index (Phi) is 8.63. The fraction of sp³-hybridized carbons (Fsp3) is 0.276. The summed E-state index contributed by atoms with van der Waals surface area (Å²) in [5.74, 6) is 0.0948. The minimum absolute atomic E-state index is 0.0948. The first-order valence-corrected chi connectivity index (χ1v) is 11.9. The van der Waals surface area contributed by atoms with Crippen LogP contribution in [-0.4, -0.2) is 11.9 Å². The lowest BCUT2D eigenvalue weighted by Gasteiger charge is -2.39. The summed E-state index contributed by atoms with van der Waals surface area (Å²) >= 11 is 1.76. The highest BCUT2D eigenvalue weighted by Crippen LogP contribution is 2.47. The fourth-order valence-electron chi connectivity index (χ4n) is 3.85. The van der Waals surface area contributed by atoms with Crippen LogP contribution in [0.4, 0.5) is 0 Å². The first kappa shape index (κ1) is 25.2. The molecule has 32 heavy (non-hydrogen) atoms. The first-order valence-electron chi connectivity index (χ1n) is 11.0. The molecule has 0 saturated heterocycles. The average Bonchev–Trinajstić information content (AvgIpc) is 3.32. The van der Waals surface area contributed by atoms with Crippen LogP contribution in [0, 0.1) is 11.3 Å². The second-order valence-corrected chi connectivity index (χ2v) is 9.15. The summed E-state index contributed by atoms with van der Waals surface area (Å²) in [5.41, 5.74) is 5.95. The van der Waals surface area contributed by atoms with Gasteiger partial charge in [-0.2, -0.15) is 5.26 Å². The van der Waals surface area contributed by atoms with Gasteiger partial charge in [-0.05, 0) is 47.2 Å². The molecule has 2 aromatic carbocycles. The lowest BCUT2D eigenvalue weighted by Crippen LogP contribution is -2.32. The molecule has 0 aliphatic heterocycles. The Bertz CT molecular complexity index is 1100. The smallest absolute Gasteiger partial charge is 0.0991 e. The van der Waals surface area contributed by atoms with Gasteiger partial charge in [-0.15, -0.1) is 11.3 Å². The Hall–Kier alpha value is -3.09. The van der Waals surface area contributed by atoms with Gasteiger partial charge < -0.3 is 4.90 Å². The van der Waals surface area contributed by atoms with Crippen LogP contribution in [0.25, 0.3) is 11.1 Å². The van der Waals surface area contributed by atoms with Gasteiger partial charge in [0.05, 0.1) is 11.6 Å². The molecule has 0 aliphatic carbocycles. The summed E-state index contributed by atoms with van der Waals surface area (Å²) in [5, 5.41) is 11.4. The van der Waals surface area contributed by atoms with Gasteiger partial charge in [0.25, 0.3) is 0 Å². The van der Waals surface area contributed by atoms with Crippen LogP contribution in [-0.2, 0) is 5.41 Å². The number of nitriles is 1. The van der Waals surface area contributed by atoms with E-state index in [1.54, 1.807) is 11.3 Å². The molecule has 1 atom stereocenters. The standard InChI is InChI=1S/C27H28N2S.C2H6/c1-19(2)29(6)20(3)26(22-12-8-7-9-13-22)27(4,5)25-16-24(18-30-25)23-14-10-11-21(15-23)17-28;1-2/h7-16,18,26H,1,3H2,2,4-6H3;1-2H3/t26-;/m1./s1. The van der Waals surface area contributed by atoms with Gasteiger partial charge in [-0.25, -0.2) is 0 Å². The van der Waals surface area contributed by atoms with Crippen molar-refractivity contribution < 1.29 is 0 Å². The highest BCUT2D eigenvalue weighted by atomic mass is 32.1. The molecule has 3 heteroatoms. The molecular weight excluding hydrogens is 408 g/mol. The SMILES string of the molecule is C=C(C)N(C)C(=C)[C@H](c1ccccc1)C(C)(C)c1cc(-c2cccc(C#N)c2)cs1.CC. The summed E-state index contributed by atoms with van der Waals surface area (Å²) in [7, 11) is 2.03. The maximum Gasteiger partial charge on any atom is 0.0991 e. The van der Waals surface area contributed by atoms with Gasteiger partial charge in [-0.1, -0.05) is 83.3 Å². The molecule has 1 aromatic heterocycles. The fourth-order valence-corrected chi connectivity index (χ4v) is 4.92. The third kappa shape index (κ3) is 5.39. The number of hydrogen-bond acceptors (Lipinski definition) is 3. The highest BCUT2D eigenvalue weighted by molar-refractivity contribution is 7.10. The molecule has 0 saturated carbocycles. The zero-order valence-electron chi connectivity index (χ0n) is 20.1. The van der Waals surface area contributed by atoms with Crippen molar-refractivity contribution in [2.24, 2.45) is 0 Å². The first-order chi connectivity index (χ1) is 15.3. The molecule has 1 heterocycles.